The molecule has 2 aromatic rings. The van der Waals surface area contributed by atoms with Gasteiger partial charge in [0.2, 0.25) is 0 Å². The Labute approximate surface area is 184 Å². The molecular formula is C26H33FN2O2. The predicted molar refractivity (Wildman–Crippen MR) is 120 cm³/mol. The fourth-order valence-corrected chi connectivity index (χ4v) is 4.36. The number of hydrogen-bond donors (Lipinski definition) is 0. The topological polar surface area (TPSA) is 59.9 Å². The number of aromatic nitrogens is 2. The third kappa shape index (κ3) is 7.05. The minimum atomic E-state index is -0.297. The van der Waals surface area contributed by atoms with E-state index in [2.05, 4.69) is 10.2 Å². The summed E-state index contributed by atoms with van der Waals surface area (Å²) in [4.78, 5) is 24.2. The second kappa shape index (κ2) is 11.8. The second-order valence-electron chi connectivity index (χ2n) is 8.69. The van der Waals surface area contributed by atoms with Crippen molar-refractivity contribution >= 4 is 11.6 Å². The summed E-state index contributed by atoms with van der Waals surface area (Å²) in [6, 6.07) is 11.8. The summed E-state index contributed by atoms with van der Waals surface area (Å²) in [6.07, 6.45) is 7.81. The van der Waals surface area contributed by atoms with E-state index in [1.165, 1.54) is 0 Å². The van der Waals surface area contributed by atoms with Crippen LogP contribution in [0.4, 0.5) is 4.39 Å². The van der Waals surface area contributed by atoms with Gasteiger partial charge in [0, 0.05) is 24.3 Å². The molecule has 0 aliphatic heterocycles. The molecule has 0 saturated heterocycles. The van der Waals surface area contributed by atoms with Crippen molar-refractivity contribution in [3.05, 3.63) is 47.7 Å². The Morgan fingerprint density at radius 2 is 1.74 bits per heavy atom. The largest absolute Gasteiger partial charge is 0.300 e. The highest BCUT2D eigenvalue weighted by Crippen LogP contribution is 2.32. The van der Waals surface area contributed by atoms with Crippen molar-refractivity contribution in [1.82, 2.24) is 10.2 Å². The van der Waals surface area contributed by atoms with Crippen molar-refractivity contribution in [2.24, 2.45) is 11.8 Å². The number of nitrogens with zero attached hydrogens (tertiary/aromatic N) is 2. The number of benzene rings is 1. The summed E-state index contributed by atoms with van der Waals surface area (Å²) in [6.45, 7) is 1.62. The molecule has 0 spiro atoms. The SMILES string of the molecule is CCC(=O)CC[C@H]1CC[C@H](C(=O)Cc2ccc(-c3ccc(CCCF)cc3)nn2)CC1. The number of carbonyl (C=O) groups is 2. The Hall–Kier alpha value is -2.43. The Morgan fingerprint density at radius 1 is 1.00 bits per heavy atom. The molecule has 3 rings (SSSR count). The van der Waals surface area contributed by atoms with Gasteiger partial charge in [-0.05, 0) is 68.6 Å². The van der Waals surface area contributed by atoms with Gasteiger partial charge in [-0.2, -0.15) is 10.2 Å². The first-order valence-electron chi connectivity index (χ1n) is 11.6. The molecule has 1 aromatic heterocycles. The van der Waals surface area contributed by atoms with E-state index in [4.69, 9.17) is 0 Å². The number of carbonyl (C=O) groups excluding carboxylic acids is 2. The van der Waals surface area contributed by atoms with Gasteiger partial charge in [-0.25, -0.2) is 0 Å². The molecule has 1 aromatic carbocycles. The summed E-state index contributed by atoms with van der Waals surface area (Å²) in [7, 11) is 0. The average molecular weight is 425 g/mol. The van der Waals surface area contributed by atoms with Crippen molar-refractivity contribution in [3.8, 4) is 11.3 Å². The Kier molecular flexibility index (Phi) is 8.86. The minimum absolute atomic E-state index is 0.108. The van der Waals surface area contributed by atoms with Gasteiger partial charge in [0.15, 0.2) is 0 Å². The summed E-state index contributed by atoms with van der Waals surface area (Å²) in [5, 5.41) is 8.58. The van der Waals surface area contributed by atoms with Crippen LogP contribution in [0.25, 0.3) is 11.3 Å². The molecule has 0 bridgehead atoms. The van der Waals surface area contributed by atoms with Crippen LogP contribution in [0.3, 0.4) is 0 Å². The van der Waals surface area contributed by atoms with E-state index in [0.29, 0.717) is 43.1 Å². The third-order valence-corrected chi connectivity index (χ3v) is 6.45. The van der Waals surface area contributed by atoms with E-state index in [1.807, 2.05) is 43.3 Å². The standard InChI is InChI=1S/C26H33FN2O2/c1-2-24(30)15-9-20-7-12-22(13-8-20)26(31)18-23-14-16-25(29-28-23)21-10-5-19(6-11-21)4-3-17-27/h5-6,10-11,14,16,20,22H,2-4,7-9,12-13,15,17-18H2,1H3/t20-,22-. The molecule has 1 fully saturated rings. The lowest BCUT2D eigenvalue weighted by Gasteiger charge is -2.27. The molecule has 0 unspecified atom stereocenters. The molecule has 4 nitrogen and oxygen atoms in total. The molecule has 0 amide bonds. The molecule has 0 atom stereocenters. The molecule has 31 heavy (non-hydrogen) atoms. The average Bonchev–Trinajstić information content (AvgIpc) is 2.82. The summed E-state index contributed by atoms with van der Waals surface area (Å²) in [5.74, 6) is 1.29. The Morgan fingerprint density at radius 3 is 2.35 bits per heavy atom. The van der Waals surface area contributed by atoms with Crippen molar-refractivity contribution in [1.29, 1.82) is 0 Å². The maximum Gasteiger partial charge on any atom is 0.141 e. The lowest BCUT2D eigenvalue weighted by molar-refractivity contribution is -0.124. The van der Waals surface area contributed by atoms with E-state index in [-0.39, 0.29) is 18.4 Å². The van der Waals surface area contributed by atoms with E-state index in [0.717, 1.165) is 55.3 Å². The first-order valence-corrected chi connectivity index (χ1v) is 11.6. The zero-order valence-electron chi connectivity index (χ0n) is 18.5. The highest BCUT2D eigenvalue weighted by molar-refractivity contribution is 5.83. The zero-order valence-corrected chi connectivity index (χ0v) is 18.5. The lowest BCUT2D eigenvalue weighted by atomic mass is 9.77. The first kappa shape index (κ1) is 23.2. The van der Waals surface area contributed by atoms with Gasteiger partial charge >= 0.3 is 0 Å². The maximum absolute atomic E-state index is 12.7. The minimum Gasteiger partial charge on any atom is -0.300 e. The quantitative estimate of drug-likeness (QED) is 0.463. The van der Waals surface area contributed by atoms with Crippen LogP contribution in [0, 0.1) is 11.8 Å². The smallest absolute Gasteiger partial charge is 0.141 e. The van der Waals surface area contributed by atoms with Crippen LogP contribution in [0.1, 0.15) is 69.5 Å². The third-order valence-electron chi connectivity index (χ3n) is 6.45. The van der Waals surface area contributed by atoms with Crippen LogP contribution < -0.4 is 0 Å². The van der Waals surface area contributed by atoms with Crippen molar-refractivity contribution in [2.45, 2.75) is 71.1 Å². The fourth-order valence-electron chi connectivity index (χ4n) is 4.36. The Bertz CT molecular complexity index is 841. The van der Waals surface area contributed by atoms with Gasteiger partial charge in [0.1, 0.15) is 11.6 Å². The van der Waals surface area contributed by atoms with Crippen LogP contribution >= 0.6 is 0 Å². The van der Waals surface area contributed by atoms with Gasteiger partial charge in [0.05, 0.1) is 24.5 Å². The monoisotopic (exact) mass is 424 g/mol. The van der Waals surface area contributed by atoms with Crippen LogP contribution in [0.15, 0.2) is 36.4 Å². The van der Waals surface area contributed by atoms with Crippen LogP contribution in [-0.2, 0) is 22.4 Å². The molecule has 1 aliphatic rings. The van der Waals surface area contributed by atoms with Crippen molar-refractivity contribution in [3.63, 3.8) is 0 Å². The highest BCUT2D eigenvalue weighted by Gasteiger charge is 2.26. The van der Waals surface area contributed by atoms with E-state index >= 15 is 0 Å². The number of alkyl halides is 1. The van der Waals surface area contributed by atoms with Crippen LogP contribution in [-0.4, -0.2) is 28.4 Å². The summed E-state index contributed by atoms with van der Waals surface area (Å²) < 4.78 is 12.3. The normalized spacial score (nSPS) is 18.6. The van der Waals surface area contributed by atoms with Gasteiger partial charge in [-0.1, -0.05) is 31.2 Å². The van der Waals surface area contributed by atoms with Gasteiger partial charge in [0.25, 0.3) is 0 Å². The van der Waals surface area contributed by atoms with Crippen LogP contribution in [0.2, 0.25) is 0 Å². The lowest BCUT2D eigenvalue weighted by Crippen LogP contribution is -2.24. The highest BCUT2D eigenvalue weighted by atomic mass is 19.1. The van der Waals surface area contributed by atoms with Gasteiger partial charge in [-0.15, -0.1) is 0 Å². The van der Waals surface area contributed by atoms with Crippen molar-refractivity contribution < 1.29 is 14.0 Å². The van der Waals surface area contributed by atoms with Crippen molar-refractivity contribution in [2.75, 3.05) is 6.67 Å². The number of rotatable bonds is 11. The number of ketones is 2. The van der Waals surface area contributed by atoms with E-state index in [9.17, 15) is 14.0 Å². The molecule has 1 saturated carbocycles. The Balaban J connectivity index is 1.47. The van der Waals surface area contributed by atoms with Crippen LogP contribution in [0.5, 0.6) is 0 Å². The van der Waals surface area contributed by atoms with Gasteiger partial charge < -0.3 is 0 Å². The maximum atomic E-state index is 12.7. The zero-order chi connectivity index (χ0) is 22.1. The molecule has 0 radical (unpaired) electrons. The molecule has 0 N–H and O–H groups in total. The number of halogens is 1. The van der Waals surface area contributed by atoms with E-state index < -0.39 is 0 Å². The summed E-state index contributed by atoms with van der Waals surface area (Å²) >= 11 is 0. The first-order chi connectivity index (χ1) is 15.1. The number of Topliss-reactive ketones (excluding diaryl/α,β-unsaturated/α-hetero) is 2. The molecular weight excluding hydrogens is 391 g/mol. The fraction of sp³-hybridized carbons (Fsp3) is 0.538. The predicted octanol–water partition coefficient (Wildman–Crippen LogP) is 5.72. The molecule has 1 aliphatic carbocycles. The molecule has 1 heterocycles. The summed E-state index contributed by atoms with van der Waals surface area (Å²) in [5.41, 5.74) is 3.57. The number of aryl methyl sites for hydroxylation is 1. The second-order valence-corrected chi connectivity index (χ2v) is 8.69. The molecule has 5 heteroatoms. The van der Waals surface area contributed by atoms with E-state index in [1.54, 1.807) is 0 Å². The van der Waals surface area contributed by atoms with Gasteiger partial charge in [-0.3, -0.25) is 14.0 Å². The number of hydrogen-bond acceptors (Lipinski definition) is 4. The molecule has 166 valence electrons.